The molecule has 11 nitrogen and oxygen atoms in total. The maximum Gasteiger partial charge on any atom is 0.437 e. The second kappa shape index (κ2) is 6.70. The van der Waals surface area contributed by atoms with E-state index in [-0.39, 0.29) is 13.0 Å². The van der Waals surface area contributed by atoms with Gasteiger partial charge >= 0.3 is 13.4 Å². The average molecular weight is 372 g/mol. The van der Waals surface area contributed by atoms with Crippen LogP contribution < -0.4 is 11.2 Å². The zero-order chi connectivity index (χ0) is 18.2. The van der Waals surface area contributed by atoms with Crippen molar-refractivity contribution in [2.45, 2.75) is 31.8 Å². The van der Waals surface area contributed by atoms with Crippen LogP contribution >= 0.6 is 7.75 Å². The molecular formula is C13H17N4O7P. The van der Waals surface area contributed by atoms with E-state index in [1.165, 1.54) is 25.5 Å². The van der Waals surface area contributed by atoms with Crippen LogP contribution in [-0.2, 0) is 13.8 Å². The van der Waals surface area contributed by atoms with Gasteiger partial charge in [0.1, 0.15) is 18.7 Å². The van der Waals surface area contributed by atoms with Crippen LogP contribution in [0.5, 0.6) is 0 Å². The molecule has 1 aliphatic rings. The van der Waals surface area contributed by atoms with Crippen molar-refractivity contribution in [2.75, 3.05) is 6.61 Å². The zero-order valence-corrected chi connectivity index (χ0v) is 14.1. The molecule has 0 aromatic carbocycles. The fourth-order valence-corrected chi connectivity index (χ4v) is 3.37. The van der Waals surface area contributed by atoms with Gasteiger partial charge in [-0.05, 0) is 6.92 Å². The Labute approximate surface area is 141 Å². The lowest BCUT2D eigenvalue weighted by molar-refractivity contribution is -0.0428. The SMILES string of the molecule is Cc1cn([C@H]2C[C@H](O)[C@@H](COP(=O)(O)n3ccnc3)O2)c(=O)[nH]c1=O. The second-order valence-corrected chi connectivity index (χ2v) is 7.34. The molecule has 2 aromatic rings. The Hall–Kier alpha value is -2.04. The van der Waals surface area contributed by atoms with Gasteiger partial charge in [0.05, 0.1) is 12.7 Å². The molecule has 3 heterocycles. The number of aliphatic hydroxyl groups excluding tert-OH is 1. The quantitative estimate of drug-likeness (QED) is 0.587. The number of hydrogen-bond acceptors (Lipinski definition) is 7. The van der Waals surface area contributed by atoms with Crippen molar-refractivity contribution in [1.82, 2.24) is 18.9 Å². The fourth-order valence-electron chi connectivity index (χ4n) is 2.47. The van der Waals surface area contributed by atoms with Crippen LogP contribution in [-0.4, -0.2) is 47.7 Å². The first-order valence-corrected chi connectivity index (χ1v) is 8.92. The van der Waals surface area contributed by atoms with Crippen molar-refractivity contribution in [3.8, 4) is 0 Å². The van der Waals surface area contributed by atoms with Crippen molar-refractivity contribution < 1.29 is 23.8 Å². The van der Waals surface area contributed by atoms with Crippen molar-refractivity contribution in [3.05, 3.63) is 51.3 Å². The standard InChI is InChI=1S/C13H17N4O7P/c1-8-5-17(13(20)15-12(8)19)11-4-9(18)10(24-11)6-23-25(21,22)16-3-2-14-7-16/h2-3,5,7,9-11,18H,4,6H2,1H3,(H,21,22)(H,15,19,20)/t9-,10+,11+/m0/s1. The molecule has 0 aliphatic carbocycles. The molecule has 4 atom stereocenters. The van der Waals surface area contributed by atoms with E-state index in [0.717, 1.165) is 15.2 Å². The number of nitrogens with zero attached hydrogens (tertiary/aromatic N) is 3. The minimum absolute atomic E-state index is 0.0697. The minimum atomic E-state index is -4.14. The number of aromatic amines is 1. The maximum absolute atomic E-state index is 12.1. The topological polar surface area (TPSA) is 149 Å². The highest BCUT2D eigenvalue weighted by atomic mass is 31.2. The minimum Gasteiger partial charge on any atom is -0.390 e. The Kier molecular flexibility index (Phi) is 4.76. The van der Waals surface area contributed by atoms with E-state index in [1.807, 2.05) is 0 Å². The first-order valence-electron chi connectivity index (χ1n) is 7.39. The number of aliphatic hydroxyl groups is 1. The number of ether oxygens (including phenoxy) is 1. The third-order valence-corrected chi connectivity index (χ3v) is 5.16. The summed E-state index contributed by atoms with van der Waals surface area (Å²) in [4.78, 5) is 39.0. The molecule has 1 aliphatic heterocycles. The van der Waals surface area contributed by atoms with Crippen LogP contribution in [0, 0.1) is 6.92 Å². The van der Waals surface area contributed by atoms with Gasteiger partial charge in [-0.2, -0.15) is 0 Å². The van der Waals surface area contributed by atoms with E-state index in [1.54, 1.807) is 0 Å². The van der Waals surface area contributed by atoms with Crippen LogP contribution in [0.2, 0.25) is 0 Å². The molecule has 0 amide bonds. The highest BCUT2D eigenvalue weighted by Gasteiger charge is 2.37. The fraction of sp³-hybridized carbons (Fsp3) is 0.462. The monoisotopic (exact) mass is 372 g/mol. The van der Waals surface area contributed by atoms with Crippen molar-refractivity contribution in [3.63, 3.8) is 0 Å². The van der Waals surface area contributed by atoms with E-state index in [0.29, 0.717) is 5.56 Å². The molecule has 3 N–H and O–H groups in total. The lowest BCUT2D eigenvalue weighted by Gasteiger charge is -2.18. The summed E-state index contributed by atoms with van der Waals surface area (Å²) >= 11 is 0. The summed E-state index contributed by atoms with van der Waals surface area (Å²) in [7, 11) is -4.14. The van der Waals surface area contributed by atoms with Gasteiger partial charge in [-0.3, -0.25) is 18.9 Å². The molecular weight excluding hydrogens is 355 g/mol. The van der Waals surface area contributed by atoms with Gasteiger partial charge in [0.15, 0.2) is 0 Å². The third kappa shape index (κ3) is 3.65. The van der Waals surface area contributed by atoms with Crippen molar-refractivity contribution in [1.29, 1.82) is 0 Å². The van der Waals surface area contributed by atoms with Gasteiger partial charge in [-0.15, -0.1) is 0 Å². The highest BCUT2D eigenvalue weighted by molar-refractivity contribution is 7.51. The summed E-state index contributed by atoms with van der Waals surface area (Å²) < 4.78 is 24.7. The van der Waals surface area contributed by atoms with Crippen LogP contribution in [0.1, 0.15) is 18.2 Å². The normalized spacial score (nSPS) is 25.8. The lowest BCUT2D eigenvalue weighted by Crippen LogP contribution is -2.33. The first kappa shape index (κ1) is 17.8. The number of aryl methyl sites for hydroxylation is 1. The maximum atomic E-state index is 12.1. The van der Waals surface area contributed by atoms with Gasteiger partial charge in [0.25, 0.3) is 5.56 Å². The summed E-state index contributed by atoms with van der Waals surface area (Å²) in [5.41, 5.74) is -0.848. The van der Waals surface area contributed by atoms with Crippen LogP contribution in [0.3, 0.4) is 0 Å². The van der Waals surface area contributed by atoms with E-state index < -0.39 is 37.4 Å². The lowest BCUT2D eigenvalue weighted by atomic mass is 10.2. The van der Waals surface area contributed by atoms with Gasteiger partial charge in [-0.1, -0.05) is 0 Å². The van der Waals surface area contributed by atoms with Crippen LogP contribution in [0.15, 0.2) is 34.5 Å². The number of nitrogens with one attached hydrogen (secondary N) is 1. The highest BCUT2D eigenvalue weighted by Crippen LogP contribution is 2.44. The Morgan fingerprint density at radius 3 is 2.96 bits per heavy atom. The zero-order valence-electron chi connectivity index (χ0n) is 13.2. The first-order chi connectivity index (χ1) is 11.8. The summed E-state index contributed by atoms with van der Waals surface area (Å²) in [6.45, 7) is 1.18. The Morgan fingerprint density at radius 1 is 1.52 bits per heavy atom. The Bertz CT molecular complexity index is 906. The number of aromatic nitrogens is 4. The number of hydrogen-bond donors (Lipinski definition) is 3. The number of imidazole rings is 1. The van der Waals surface area contributed by atoms with E-state index in [4.69, 9.17) is 9.26 Å². The Balaban J connectivity index is 1.70. The molecule has 2 aromatic heterocycles. The molecule has 0 saturated carbocycles. The van der Waals surface area contributed by atoms with E-state index in [9.17, 15) is 24.2 Å². The van der Waals surface area contributed by atoms with Crippen molar-refractivity contribution >= 4 is 7.75 Å². The molecule has 0 radical (unpaired) electrons. The smallest absolute Gasteiger partial charge is 0.390 e. The molecule has 12 heteroatoms. The number of rotatable bonds is 5. The molecule has 0 bridgehead atoms. The van der Waals surface area contributed by atoms with Crippen LogP contribution in [0.25, 0.3) is 0 Å². The third-order valence-electron chi connectivity index (χ3n) is 3.85. The molecule has 1 unspecified atom stereocenters. The summed E-state index contributed by atoms with van der Waals surface area (Å²) in [6.07, 6.45) is 2.41. The molecule has 3 rings (SSSR count). The van der Waals surface area contributed by atoms with Gasteiger partial charge in [0, 0.05) is 30.6 Å². The average Bonchev–Trinajstić information content (AvgIpc) is 3.19. The molecule has 0 spiro atoms. The molecule has 136 valence electrons. The predicted molar refractivity (Wildman–Crippen MR) is 84.0 cm³/mol. The Morgan fingerprint density at radius 2 is 2.28 bits per heavy atom. The van der Waals surface area contributed by atoms with Gasteiger partial charge in [0.2, 0.25) is 0 Å². The molecule has 25 heavy (non-hydrogen) atoms. The largest absolute Gasteiger partial charge is 0.437 e. The van der Waals surface area contributed by atoms with Gasteiger partial charge < -0.3 is 14.7 Å². The predicted octanol–water partition coefficient (Wildman–Crippen LogP) is -0.645. The van der Waals surface area contributed by atoms with Gasteiger partial charge in [-0.25, -0.2) is 18.7 Å². The summed E-state index contributed by atoms with van der Waals surface area (Å²) in [5.74, 6) is 0. The number of H-pyrrole nitrogens is 1. The summed E-state index contributed by atoms with van der Waals surface area (Å²) in [5, 5.41) is 10.1. The van der Waals surface area contributed by atoms with E-state index >= 15 is 0 Å². The molecule has 1 fully saturated rings. The van der Waals surface area contributed by atoms with E-state index in [2.05, 4.69) is 9.97 Å². The second-order valence-electron chi connectivity index (χ2n) is 5.64. The van der Waals surface area contributed by atoms with Crippen molar-refractivity contribution in [2.24, 2.45) is 0 Å². The molecule has 1 saturated heterocycles. The summed E-state index contributed by atoms with van der Waals surface area (Å²) in [6, 6.07) is 0. The van der Waals surface area contributed by atoms with Crippen LogP contribution in [0.4, 0.5) is 0 Å².